The molecule has 2 aromatic carbocycles. The van der Waals surface area contributed by atoms with Gasteiger partial charge in [-0.2, -0.15) is 0 Å². The van der Waals surface area contributed by atoms with Gasteiger partial charge in [0, 0.05) is 23.4 Å². The number of thiazole rings is 1. The van der Waals surface area contributed by atoms with Gasteiger partial charge in [-0.3, -0.25) is 9.20 Å². The molecule has 1 aliphatic carbocycles. The summed E-state index contributed by atoms with van der Waals surface area (Å²) < 4.78 is 16.3. The number of carbonyl (C=O) groups excluding carboxylic acids is 1. The van der Waals surface area contributed by atoms with Crippen molar-refractivity contribution in [3.05, 3.63) is 60.0 Å². The summed E-state index contributed by atoms with van der Waals surface area (Å²) in [6, 6.07) is 12.4. The lowest BCUT2D eigenvalue weighted by molar-refractivity contribution is 0.0891. The average molecular weight is 422 g/mol. The number of benzene rings is 2. The fraction of sp³-hybridized carbons (Fsp3) is 0.333. The molecular formula is C24H24FN3OS. The summed E-state index contributed by atoms with van der Waals surface area (Å²) in [6.07, 6.45) is 5.44. The Bertz CT molecular complexity index is 1230. The van der Waals surface area contributed by atoms with Crippen LogP contribution in [0.1, 0.15) is 43.5 Å². The number of fused-ring (bicyclic) bond motifs is 3. The van der Waals surface area contributed by atoms with Crippen LogP contribution in [-0.2, 0) is 0 Å². The van der Waals surface area contributed by atoms with Crippen LogP contribution >= 0.6 is 11.3 Å². The highest BCUT2D eigenvalue weighted by atomic mass is 32.1. The number of aromatic nitrogens is 2. The van der Waals surface area contributed by atoms with Crippen LogP contribution in [0.5, 0.6) is 0 Å². The molecule has 0 saturated heterocycles. The first-order chi connectivity index (χ1) is 14.5. The van der Waals surface area contributed by atoms with Crippen LogP contribution in [0, 0.1) is 17.7 Å². The van der Waals surface area contributed by atoms with Crippen LogP contribution in [0.2, 0.25) is 0 Å². The van der Waals surface area contributed by atoms with Crippen molar-refractivity contribution in [2.75, 3.05) is 0 Å². The Kier molecular flexibility index (Phi) is 4.82. The third kappa shape index (κ3) is 3.39. The molecule has 0 unspecified atom stereocenters. The van der Waals surface area contributed by atoms with Crippen LogP contribution < -0.4 is 5.32 Å². The molecule has 2 aromatic heterocycles. The van der Waals surface area contributed by atoms with Crippen molar-refractivity contribution in [3.8, 4) is 11.3 Å². The van der Waals surface area contributed by atoms with Crippen LogP contribution in [0.3, 0.4) is 0 Å². The van der Waals surface area contributed by atoms with E-state index in [1.54, 1.807) is 23.5 Å². The highest BCUT2D eigenvalue weighted by Crippen LogP contribution is 2.32. The van der Waals surface area contributed by atoms with Gasteiger partial charge in [0.25, 0.3) is 5.91 Å². The van der Waals surface area contributed by atoms with Gasteiger partial charge in [-0.25, -0.2) is 9.37 Å². The van der Waals surface area contributed by atoms with Crippen LogP contribution in [-0.4, -0.2) is 21.3 Å². The lowest BCUT2D eigenvalue weighted by Gasteiger charge is -2.34. The van der Waals surface area contributed by atoms with Crippen LogP contribution in [0.25, 0.3) is 26.4 Å². The summed E-state index contributed by atoms with van der Waals surface area (Å²) in [7, 11) is 0. The molecule has 0 spiro atoms. The molecule has 0 radical (unpaired) electrons. The third-order valence-corrected chi connectivity index (χ3v) is 7.54. The molecule has 1 saturated carbocycles. The highest BCUT2D eigenvalue weighted by molar-refractivity contribution is 7.23. The molecule has 1 N–H and O–H groups in total. The summed E-state index contributed by atoms with van der Waals surface area (Å²) in [5.41, 5.74) is 3.40. The zero-order chi connectivity index (χ0) is 20.8. The largest absolute Gasteiger partial charge is 0.349 e. The summed E-state index contributed by atoms with van der Waals surface area (Å²) in [6.45, 7) is 4.52. The molecule has 5 rings (SSSR count). The monoisotopic (exact) mass is 421 g/mol. The number of carbonyl (C=O) groups is 1. The van der Waals surface area contributed by atoms with E-state index in [9.17, 15) is 9.18 Å². The number of rotatable bonds is 3. The summed E-state index contributed by atoms with van der Waals surface area (Å²) in [4.78, 5) is 18.4. The smallest absolute Gasteiger partial charge is 0.251 e. The fourth-order valence-corrected chi connectivity index (χ4v) is 5.49. The first-order valence-electron chi connectivity index (χ1n) is 10.5. The standard InChI is InChI=1S/C24H24FN3OS/c1-14-4-3-5-19(15(14)2)26-23(29)17-8-11-21-22(12-17)30-24-27-20(13-28(21)24)16-6-9-18(25)10-7-16/h6-15,19H,3-5H2,1-2H3,(H,26,29)/t14-,15+,19+/m1/s1. The van der Waals surface area contributed by atoms with Gasteiger partial charge in [0.2, 0.25) is 0 Å². The maximum atomic E-state index is 13.2. The minimum Gasteiger partial charge on any atom is -0.349 e. The lowest BCUT2D eigenvalue weighted by Crippen LogP contribution is -2.43. The van der Waals surface area contributed by atoms with E-state index < -0.39 is 0 Å². The molecular weight excluding hydrogens is 397 g/mol. The first-order valence-corrected chi connectivity index (χ1v) is 11.3. The number of nitrogens with one attached hydrogen (secondary N) is 1. The van der Waals surface area contributed by atoms with E-state index in [0.717, 1.165) is 32.9 Å². The minimum atomic E-state index is -0.256. The molecule has 4 aromatic rings. The van der Waals surface area contributed by atoms with Gasteiger partial charge in [-0.15, -0.1) is 0 Å². The van der Waals surface area contributed by atoms with E-state index in [1.807, 2.05) is 28.8 Å². The number of amides is 1. The third-order valence-electron chi connectivity index (χ3n) is 6.52. The Hall–Kier alpha value is -2.73. The van der Waals surface area contributed by atoms with Crippen molar-refractivity contribution >= 4 is 32.4 Å². The van der Waals surface area contributed by atoms with E-state index in [4.69, 9.17) is 4.98 Å². The van der Waals surface area contributed by atoms with E-state index in [-0.39, 0.29) is 17.8 Å². The number of imidazole rings is 1. The molecule has 30 heavy (non-hydrogen) atoms. The van der Waals surface area contributed by atoms with Gasteiger partial charge < -0.3 is 5.32 Å². The van der Waals surface area contributed by atoms with E-state index in [2.05, 4.69) is 19.2 Å². The minimum absolute atomic E-state index is 0.000825. The maximum absolute atomic E-state index is 13.2. The SMILES string of the molecule is C[C@H]1[C@H](C)CCC[C@@H]1NC(=O)c1ccc2c(c1)sc1nc(-c3ccc(F)cc3)cn12. The van der Waals surface area contributed by atoms with Gasteiger partial charge in [0.05, 0.1) is 15.9 Å². The summed E-state index contributed by atoms with van der Waals surface area (Å²) in [5, 5.41) is 3.26. The average Bonchev–Trinajstić information content (AvgIpc) is 3.29. The van der Waals surface area contributed by atoms with Gasteiger partial charge in [-0.05, 0) is 60.7 Å². The number of hydrogen-bond acceptors (Lipinski definition) is 3. The summed E-state index contributed by atoms with van der Waals surface area (Å²) >= 11 is 1.56. The van der Waals surface area contributed by atoms with E-state index >= 15 is 0 Å². The topological polar surface area (TPSA) is 46.4 Å². The van der Waals surface area contributed by atoms with Gasteiger partial charge in [-0.1, -0.05) is 38.0 Å². The molecule has 0 aliphatic heterocycles. The summed E-state index contributed by atoms with van der Waals surface area (Å²) in [5.74, 6) is 0.891. The zero-order valence-corrected chi connectivity index (χ0v) is 17.9. The van der Waals surface area contributed by atoms with Crippen molar-refractivity contribution in [3.63, 3.8) is 0 Å². The van der Waals surface area contributed by atoms with E-state index in [1.165, 1.54) is 25.0 Å². The molecule has 6 heteroatoms. The lowest BCUT2D eigenvalue weighted by atomic mass is 9.78. The Morgan fingerprint density at radius 2 is 1.97 bits per heavy atom. The fourth-order valence-electron chi connectivity index (χ4n) is 4.44. The normalized spacial score (nSPS) is 21.9. The van der Waals surface area contributed by atoms with Gasteiger partial charge >= 0.3 is 0 Å². The number of hydrogen-bond donors (Lipinski definition) is 1. The highest BCUT2D eigenvalue weighted by Gasteiger charge is 2.28. The molecule has 4 nitrogen and oxygen atoms in total. The molecule has 0 bridgehead atoms. The first kappa shape index (κ1) is 19.2. The Labute approximate surface area is 178 Å². The van der Waals surface area contributed by atoms with Crippen molar-refractivity contribution in [2.45, 2.75) is 39.2 Å². The molecule has 1 fully saturated rings. The molecule has 154 valence electrons. The number of nitrogens with zero attached hydrogens (tertiary/aromatic N) is 2. The molecule has 2 heterocycles. The van der Waals surface area contributed by atoms with Crippen molar-refractivity contribution in [1.82, 2.24) is 14.7 Å². The molecule has 1 aliphatic rings. The predicted octanol–water partition coefficient (Wildman–Crippen LogP) is 5.91. The quantitative estimate of drug-likeness (QED) is 0.447. The van der Waals surface area contributed by atoms with Crippen LogP contribution in [0.4, 0.5) is 4.39 Å². The van der Waals surface area contributed by atoms with Crippen molar-refractivity contribution < 1.29 is 9.18 Å². The van der Waals surface area contributed by atoms with Gasteiger partial charge in [0.1, 0.15) is 5.82 Å². The second-order valence-electron chi connectivity index (χ2n) is 8.42. The maximum Gasteiger partial charge on any atom is 0.251 e. The number of halogens is 1. The van der Waals surface area contributed by atoms with Crippen molar-refractivity contribution in [1.29, 1.82) is 0 Å². The van der Waals surface area contributed by atoms with Crippen LogP contribution in [0.15, 0.2) is 48.7 Å². The van der Waals surface area contributed by atoms with Gasteiger partial charge in [0.15, 0.2) is 4.96 Å². The van der Waals surface area contributed by atoms with E-state index in [0.29, 0.717) is 17.4 Å². The predicted molar refractivity (Wildman–Crippen MR) is 119 cm³/mol. The Morgan fingerprint density at radius 3 is 2.77 bits per heavy atom. The second-order valence-corrected chi connectivity index (χ2v) is 9.43. The zero-order valence-electron chi connectivity index (χ0n) is 17.1. The molecule has 3 atom stereocenters. The van der Waals surface area contributed by atoms with Crippen molar-refractivity contribution in [2.24, 2.45) is 11.8 Å². The molecule has 1 amide bonds. The Morgan fingerprint density at radius 1 is 1.17 bits per heavy atom. The Balaban J connectivity index is 1.42. The second kappa shape index (κ2) is 7.51.